The summed E-state index contributed by atoms with van der Waals surface area (Å²) < 4.78 is 0. The monoisotopic (exact) mass is 244 g/mol. The van der Waals surface area contributed by atoms with E-state index in [-0.39, 0.29) is 0 Å². The molecule has 0 N–H and O–H groups in total. The van der Waals surface area contributed by atoms with Gasteiger partial charge in [-0.15, -0.1) is 0 Å². The normalized spacial score (nSPS) is 27.2. The van der Waals surface area contributed by atoms with Crippen molar-refractivity contribution < 1.29 is 0 Å². The lowest BCUT2D eigenvalue weighted by Gasteiger charge is -1.97. The summed E-state index contributed by atoms with van der Waals surface area (Å²) in [5.41, 5.74) is 1.43. The van der Waals surface area contributed by atoms with Gasteiger partial charge in [-0.3, -0.25) is 0 Å². The van der Waals surface area contributed by atoms with Crippen molar-refractivity contribution in [3.05, 3.63) is 34.9 Å². The van der Waals surface area contributed by atoms with E-state index in [1.807, 2.05) is 12.1 Å². The van der Waals surface area contributed by atoms with Crippen LogP contribution >= 0.6 is 27.5 Å². The average Bonchev–Trinajstić information content (AvgIpc) is 2.85. The predicted octanol–water partition coefficient (Wildman–Crippen LogP) is 3.84. The van der Waals surface area contributed by atoms with Crippen LogP contribution in [0, 0.1) is 5.92 Å². The maximum Gasteiger partial charge on any atom is 0.0406 e. The fourth-order valence-corrected chi connectivity index (χ4v) is 2.38. The lowest BCUT2D eigenvalue weighted by molar-refractivity contribution is 0.937. The van der Waals surface area contributed by atoms with Gasteiger partial charge in [0.1, 0.15) is 0 Å². The van der Waals surface area contributed by atoms with E-state index in [1.54, 1.807) is 0 Å². The molecule has 1 aromatic carbocycles. The van der Waals surface area contributed by atoms with E-state index in [1.165, 1.54) is 12.0 Å². The summed E-state index contributed by atoms with van der Waals surface area (Å²) in [6.45, 7) is 0. The van der Waals surface area contributed by atoms with Gasteiger partial charge in [0, 0.05) is 10.4 Å². The van der Waals surface area contributed by atoms with E-state index in [4.69, 9.17) is 11.6 Å². The number of hydrogen-bond donors (Lipinski definition) is 0. The summed E-state index contributed by atoms with van der Waals surface area (Å²) >= 11 is 9.30. The van der Waals surface area contributed by atoms with Gasteiger partial charge in [0.25, 0.3) is 0 Å². The Morgan fingerprint density at radius 1 is 1.33 bits per heavy atom. The van der Waals surface area contributed by atoms with Crippen molar-refractivity contribution in [3.63, 3.8) is 0 Å². The third-order valence-corrected chi connectivity index (χ3v) is 3.50. The second kappa shape index (κ2) is 3.39. The van der Waals surface area contributed by atoms with Crippen LogP contribution < -0.4 is 0 Å². The van der Waals surface area contributed by atoms with E-state index in [0.717, 1.165) is 22.2 Å². The number of alkyl halides is 1. The Labute approximate surface area is 86.1 Å². The molecule has 0 bridgehead atoms. The topological polar surface area (TPSA) is 0 Å². The number of halogens is 2. The molecule has 12 heavy (non-hydrogen) atoms. The van der Waals surface area contributed by atoms with Crippen molar-refractivity contribution in [1.29, 1.82) is 0 Å². The second-order valence-electron chi connectivity index (χ2n) is 3.31. The van der Waals surface area contributed by atoms with Crippen LogP contribution in [0.2, 0.25) is 5.02 Å². The molecule has 1 aromatic rings. The Morgan fingerprint density at radius 2 is 2.00 bits per heavy atom. The van der Waals surface area contributed by atoms with Crippen LogP contribution in [0.15, 0.2) is 24.3 Å². The van der Waals surface area contributed by atoms with Crippen molar-refractivity contribution in [1.82, 2.24) is 0 Å². The Morgan fingerprint density at radius 3 is 2.50 bits per heavy atom. The van der Waals surface area contributed by atoms with Gasteiger partial charge < -0.3 is 0 Å². The van der Waals surface area contributed by atoms with E-state index in [0.29, 0.717) is 0 Å². The van der Waals surface area contributed by atoms with E-state index >= 15 is 0 Å². The molecule has 0 amide bonds. The Bertz CT molecular complexity index is 268. The molecule has 2 atom stereocenters. The minimum atomic E-state index is 0.779. The number of benzene rings is 1. The summed E-state index contributed by atoms with van der Waals surface area (Å²) in [5.74, 6) is 1.63. The van der Waals surface area contributed by atoms with Crippen molar-refractivity contribution in [2.24, 2.45) is 5.92 Å². The molecule has 0 saturated heterocycles. The van der Waals surface area contributed by atoms with Crippen molar-refractivity contribution >= 4 is 27.5 Å². The molecule has 2 unspecified atom stereocenters. The first-order chi connectivity index (χ1) is 5.81. The second-order valence-corrected chi connectivity index (χ2v) is 4.39. The zero-order valence-electron chi connectivity index (χ0n) is 6.63. The molecule has 0 aliphatic heterocycles. The van der Waals surface area contributed by atoms with Crippen LogP contribution in [0.3, 0.4) is 0 Å². The summed E-state index contributed by atoms with van der Waals surface area (Å²) in [7, 11) is 0. The zero-order chi connectivity index (χ0) is 8.55. The Kier molecular flexibility index (Phi) is 2.42. The van der Waals surface area contributed by atoms with Gasteiger partial charge in [-0.25, -0.2) is 0 Å². The molecule has 1 saturated carbocycles. The Hall–Kier alpha value is -0.0100. The van der Waals surface area contributed by atoms with Crippen LogP contribution in [-0.2, 0) is 0 Å². The minimum Gasteiger partial charge on any atom is -0.0925 e. The third kappa shape index (κ3) is 1.67. The van der Waals surface area contributed by atoms with Gasteiger partial charge in [-0.05, 0) is 36.0 Å². The van der Waals surface area contributed by atoms with Crippen LogP contribution in [0.1, 0.15) is 17.9 Å². The summed E-state index contributed by atoms with van der Waals surface area (Å²) in [4.78, 5) is 0. The van der Waals surface area contributed by atoms with Crippen LogP contribution in [0.25, 0.3) is 0 Å². The molecule has 1 aliphatic carbocycles. The number of rotatable bonds is 2. The van der Waals surface area contributed by atoms with E-state index < -0.39 is 0 Å². The van der Waals surface area contributed by atoms with Gasteiger partial charge in [0.05, 0.1) is 0 Å². The van der Waals surface area contributed by atoms with Gasteiger partial charge >= 0.3 is 0 Å². The van der Waals surface area contributed by atoms with E-state index in [2.05, 4.69) is 28.1 Å². The summed E-state index contributed by atoms with van der Waals surface area (Å²) in [6.07, 6.45) is 1.33. The highest BCUT2D eigenvalue weighted by atomic mass is 79.9. The molecule has 0 spiro atoms. The Balaban J connectivity index is 2.10. The highest BCUT2D eigenvalue weighted by Crippen LogP contribution is 2.48. The first kappa shape index (κ1) is 8.58. The van der Waals surface area contributed by atoms with Crippen LogP contribution in [0.4, 0.5) is 0 Å². The van der Waals surface area contributed by atoms with Crippen molar-refractivity contribution in [2.45, 2.75) is 12.3 Å². The molecule has 0 aromatic heterocycles. The molecule has 2 heteroatoms. The molecule has 0 nitrogen and oxygen atoms in total. The molecule has 1 aliphatic rings. The largest absolute Gasteiger partial charge is 0.0925 e. The molecule has 0 heterocycles. The first-order valence-electron chi connectivity index (χ1n) is 4.12. The smallest absolute Gasteiger partial charge is 0.0406 e. The first-order valence-corrected chi connectivity index (χ1v) is 5.62. The quantitative estimate of drug-likeness (QED) is 0.695. The minimum absolute atomic E-state index is 0.779. The highest BCUT2D eigenvalue weighted by molar-refractivity contribution is 9.09. The number of hydrogen-bond acceptors (Lipinski definition) is 0. The van der Waals surface area contributed by atoms with Gasteiger partial charge in [0.2, 0.25) is 0 Å². The summed E-state index contributed by atoms with van der Waals surface area (Å²) in [5, 5.41) is 1.95. The van der Waals surface area contributed by atoms with Gasteiger partial charge in [-0.2, -0.15) is 0 Å². The molecule has 64 valence electrons. The molecule has 1 fully saturated rings. The van der Waals surface area contributed by atoms with Crippen molar-refractivity contribution in [2.75, 3.05) is 5.33 Å². The van der Waals surface area contributed by atoms with Crippen molar-refractivity contribution in [3.8, 4) is 0 Å². The maximum absolute atomic E-state index is 5.80. The predicted molar refractivity (Wildman–Crippen MR) is 56.1 cm³/mol. The van der Waals surface area contributed by atoms with Gasteiger partial charge in [0.15, 0.2) is 0 Å². The SMILES string of the molecule is Clc1ccc(C2CC2CBr)cc1. The average molecular weight is 246 g/mol. The maximum atomic E-state index is 5.80. The van der Waals surface area contributed by atoms with E-state index in [9.17, 15) is 0 Å². The molecule has 2 rings (SSSR count). The lowest BCUT2D eigenvalue weighted by Crippen LogP contribution is -1.83. The molecule has 0 radical (unpaired) electrons. The lowest BCUT2D eigenvalue weighted by atomic mass is 10.1. The molecular weight excluding hydrogens is 235 g/mol. The summed E-state index contributed by atoms with van der Waals surface area (Å²) in [6, 6.07) is 8.21. The third-order valence-electron chi connectivity index (χ3n) is 2.42. The highest BCUT2D eigenvalue weighted by Gasteiger charge is 2.36. The molecular formula is C10H10BrCl. The van der Waals surface area contributed by atoms with Crippen LogP contribution in [0.5, 0.6) is 0 Å². The standard InChI is InChI=1S/C10H10BrCl/c11-6-8-5-10(8)7-1-3-9(12)4-2-7/h1-4,8,10H,5-6H2. The fraction of sp³-hybridized carbons (Fsp3) is 0.400. The fourth-order valence-electron chi connectivity index (χ4n) is 1.54. The van der Waals surface area contributed by atoms with Crippen LogP contribution in [-0.4, -0.2) is 5.33 Å². The zero-order valence-corrected chi connectivity index (χ0v) is 8.98. The van der Waals surface area contributed by atoms with Gasteiger partial charge in [-0.1, -0.05) is 39.7 Å².